The molecule has 1 atom stereocenters. The van der Waals surface area contributed by atoms with Gasteiger partial charge < -0.3 is 20.1 Å². The third-order valence-corrected chi connectivity index (χ3v) is 2.81. The molecule has 7 nitrogen and oxygen atoms in total. The Hall–Kier alpha value is -2.57. The fourth-order valence-corrected chi connectivity index (χ4v) is 1.78. The number of ether oxygens (including phenoxy) is 2. The predicted octanol–water partition coefficient (Wildman–Crippen LogP) is 1.06. The lowest BCUT2D eigenvalue weighted by atomic mass is 10.3. The molecule has 1 aromatic carbocycles. The summed E-state index contributed by atoms with van der Waals surface area (Å²) in [6, 6.07) is 8.53. The highest BCUT2D eigenvalue weighted by atomic mass is 16.6. The highest BCUT2D eigenvalue weighted by molar-refractivity contribution is 5.89. The molecule has 2 amide bonds. The minimum Gasteiger partial charge on any atom is -0.463 e. The molecule has 1 saturated heterocycles. The molecular formula is C14H16N2O5. The Labute approximate surface area is 121 Å². The number of urea groups is 1. The quantitative estimate of drug-likeness (QED) is 0.791. The van der Waals surface area contributed by atoms with E-state index in [0.29, 0.717) is 12.1 Å². The van der Waals surface area contributed by atoms with Crippen LogP contribution in [-0.4, -0.2) is 37.2 Å². The Morgan fingerprint density at radius 3 is 2.71 bits per heavy atom. The highest BCUT2D eigenvalue weighted by Crippen LogP contribution is 2.10. The van der Waals surface area contributed by atoms with E-state index in [0.717, 1.165) is 0 Å². The van der Waals surface area contributed by atoms with E-state index in [1.165, 1.54) is 0 Å². The third kappa shape index (κ3) is 4.79. The molecule has 0 unspecified atom stereocenters. The molecule has 0 bridgehead atoms. The molecule has 1 heterocycles. The molecule has 1 aliphatic heterocycles. The van der Waals surface area contributed by atoms with Crippen molar-refractivity contribution < 1.29 is 23.9 Å². The van der Waals surface area contributed by atoms with Crippen LogP contribution < -0.4 is 10.6 Å². The fraction of sp³-hybridized carbons (Fsp3) is 0.357. The van der Waals surface area contributed by atoms with E-state index in [1.54, 1.807) is 24.3 Å². The monoisotopic (exact) mass is 292 g/mol. The molecule has 0 saturated carbocycles. The van der Waals surface area contributed by atoms with Crippen molar-refractivity contribution in [2.75, 3.05) is 18.5 Å². The fourth-order valence-electron chi connectivity index (χ4n) is 1.78. The van der Waals surface area contributed by atoms with Gasteiger partial charge in [0, 0.05) is 18.7 Å². The summed E-state index contributed by atoms with van der Waals surface area (Å²) in [4.78, 5) is 34.1. The number of hydrogen-bond donors (Lipinski definition) is 2. The Bertz CT molecular complexity index is 517. The van der Waals surface area contributed by atoms with Gasteiger partial charge in [0.2, 0.25) is 6.10 Å². The second-order valence-corrected chi connectivity index (χ2v) is 4.43. The largest absolute Gasteiger partial charge is 0.463 e. The number of carbonyl (C=O) groups is 3. The molecule has 0 aliphatic carbocycles. The van der Waals surface area contributed by atoms with Crippen LogP contribution in [0.25, 0.3) is 0 Å². The van der Waals surface area contributed by atoms with Gasteiger partial charge in [0.15, 0.2) is 0 Å². The number of hydrogen-bond acceptors (Lipinski definition) is 5. The summed E-state index contributed by atoms with van der Waals surface area (Å²) in [5.74, 6) is -1.06. The lowest BCUT2D eigenvalue weighted by molar-refractivity contribution is -0.160. The smallest absolute Gasteiger partial charge is 0.347 e. The van der Waals surface area contributed by atoms with Crippen LogP contribution in [0.15, 0.2) is 30.3 Å². The van der Waals surface area contributed by atoms with Crippen LogP contribution in [-0.2, 0) is 19.1 Å². The van der Waals surface area contributed by atoms with Gasteiger partial charge >= 0.3 is 18.0 Å². The van der Waals surface area contributed by atoms with Crippen LogP contribution in [0.3, 0.4) is 0 Å². The van der Waals surface area contributed by atoms with Crippen LogP contribution in [0.1, 0.15) is 12.8 Å². The minimum absolute atomic E-state index is 0.00795. The molecule has 21 heavy (non-hydrogen) atoms. The molecule has 1 aromatic rings. The number of nitrogens with one attached hydrogen (secondary N) is 2. The zero-order valence-corrected chi connectivity index (χ0v) is 11.3. The van der Waals surface area contributed by atoms with Crippen LogP contribution >= 0.6 is 0 Å². The van der Waals surface area contributed by atoms with Crippen molar-refractivity contribution in [2.24, 2.45) is 0 Å². The van der Waals surface area contributed by atoms with Crippen LogP contribution in [0, 0.1) is 0 Å². The summed E-state index contributed by atoms with van der Waals surface area (Å²) >= 11 is 0. The normalized spacial score (nSPS) is 17.0. The minimum atomic E-state index is -0.810. The first-order chi connectivity index (χ1) is 10.1. The lowest BCUT2D eigenvalue weighted by Crippen LogP contribution is -2.32. The van der Waals surface area contributed by atoms with Gasteiger partial charge in [0.05, 0.1) is 13.0 Å². The summed E-state index contributed by atoms with van der Waals surface area (Å²) in [5.41, 5.74) is 0.659. The molecule has 1 fully saturated rings. The van der Waals surface area contributed by atoms with Gasteiger partial charge in [0.1, 0.15) is 0 Å². The molecule has 0 spiro atoms. The number of para-hydroxylation sites is 1. The molecule has 2 N–H and O–H groups in total. The van der Waals surface area contributed by atoms with Crippen molar-refractivity contribution >= 4 is 23.7 Å². The third-order valence-electron chi connectivity index (χ3n) is 2.81. The summed E-state index contributed by atoms with van der Waals surface area (Å²) in [6.45, 7) is 0.397. The number of amides is 2. The van der Waals surface area contributed by atoms with Gasteiger partial charge in [-0.1, -0.05) is 18.2 Å². The van der Waals surface area contributed by atoms with Crippen molar-refractivity contribution in [2.45, 2.75) is 18.9 Å². The van der Waals surface area contributed by atoms with E-state index >= 15 is 0 Å². The van der Waals surface area contributed by atoms with Gasteiger partial charge in [0.25, 0.3) is 0 Å². The van der Waals surface area contributed by atoms with E-state index in [9.17, 15) is 14.4 Å². The Morgan fingerprint density at radius 1 is 1.29 bits per heavy atom. The second kappa shape index (κ2) is 7.28. The van der Waals surface area contributed by atoms with Gasteiger partial charge in [-0.2, -0.15) is 0 Å². The van der Waals surface area contributed by atoms with Gasteiger partial charge in [-0.05, 0) is 12.1 Å². The zero-order valence-electron chi connectivity index (χ0n) is 11.3. The molecule has 112 valence electrons. The molecule has 1 aliphatic rings. The van der Waals surface area contributed by atoms with Gasteiger partial charge in [-0.15, -0.1) is 0 Å². The maximum absolute atomic E-state index is 11.5. The lowest BCUT2D eigenvalue weighted by Gasteiger charge is -2.09. The molecular weight excluding hydrogens is 276 g/mol. The van der Waals surface area contributed by atoms with E-state index in [2.05, 4.69) is 15.4 Å². The standard InChI is InChI=1S/C14H16N2O5/c17-12(21-11-7-9-20-13(11)18)6-8-15-14(19)16-10-4-2-1-3-5-10/h1-5,11H,6-9H2,(H2,15,16,19)/t11-/m0/s1. The Kier molecular flexibility index (Phi) is 5.14. The predicted molar refractivity (Wildman–Crippen MR) is 73.5 cm³/mol. The Morgan fingerprint density at radius 2 is 2.05 bits per heavy atom. The van der Waals surface area contributed by atoms with Crippen LogP contribution in [0.2, 0.25) is 0 Å². The number of cyclic esters (lactones) is 1. The zero-order chi connectivity index (χ0) is 15.1. The summed E-state index contributed by atoms with van der Waals surface area (Å²) < 4.78 is 9.62. The molecule has 0 radical (unpaired) electrons. The average Bonchev–Trinajstić information content (AvgIpc) is 2.85. The highest BCUT2D eigenvalue weighted by Gasteiger charge is 2.29. The molecule has 0 aromatic heterocycles. The second-order valence-electron chi connectivity index (χ2n) is 4.43. The van der Waals surface area contributed by atoms with Crippen molar-refractivity contribution in [1.29, 1.82) is 0 Å². The van der Waals surface area contributed by atoms with Crippen molar-refractivity contribution in [1.82, 2.24) is 5.32 Å². The first-order valence-electron chi connectivity index (χ1n) is 6.61. The average molecular weight is 292 g/mol. The first kappa shape index (κ1) is 14.8. The summed E-state index contributed by atoms with van der Waals surface area (Å²) in [6.07, 6.45) is -0.436. The topological polar surface area (TPSA) is 93.7 Å². The summed E-state index contributed by atoms with van der Waals surface area (Å²) in [7, 11) is 0. The number of benzene rings is 1. The van der Waals surface area contributed by atoms with Crippen molar-refractivity contribution in [3.05, 3.63) is 30.3 Å². The number of esters is 2. The van der Waals surface area contributed by atoms with Crippen molar-refractivity contribution in [3.8, 4) is 0 Å². The van der Waals surface area contributed by atoms with E-state index < -0.39 is 24.1 Å². The molecule has 2 rings (SSSR count). The number of anilines is 1. The van der Waals surface area contributed by atoms with Crippen LogP contribution in [0.4, 0.5) is 10.5 Å². The molecule has 7 heteroatoms. The Balaban J connectivity index is 1.63. The number of carbonyl (C=O) groups excluding carboxylic acids is 3. The van der Waals surface area contributed by atoms with Crippen LogP contribution in [0.5, 0.6) is 0 Å². The summed E-state index contributed by atoms with van der Waals surface area (Å²) in [5, 5.41) is 5.15. The first-order valence-corrected chi connectivity index (χ1v) is 6.61. The van der Waals surface area contributed by atoms with Gasteiger partial charge in [-0.3, -0.25) is 4.79 Å². The van der Waals surface area contributed by atoms with E-state index in [4.69, 9.17) is 4.74 Å². The van der Waals surface area contributed by atoms with E-state index in [-0.39, 0.29) is 19.6 Å². The maximum Gasteiger partial charge on any atom is 0.347 e. The maximum atomic E-state index is 11.5. The SMILES string of the molecule is O=C(NCCC(=O)O[C@H]1CCOC1=O)Nc1ccccc1. The number of rotatable bonds is 5. The van der Waals surface area contributed by atoms with E-state index in [1.807, 2.05) is 6.07 Å². The van der Waals surface area contributed by atoms with Crippen molar-refractivity contribution in [3.63, 3.8) is 0 Å². The van der Waals surface area contributed by atoms with Gasteiger partial charge in [-0.25, -0.2) is 9.59 Å².